The number of fused-ring (bicyclic) bond motifs is 1. The van der Waals surface area contributed by atoms with Crippen molar-refractivity contribution in [1.29, 1.82) is 0 Å². The van der Waals surface area contributed by atoms with Gasteiger partial charge in [-0.15, -0.1) is 0 Å². The minimum Gasteiger partial charge on any atom is -0.486 e. The van der Waals surface area contributed by atoms with Crippen LogP contribution in [0.1, 0.15) is 5.69 Å². The number of aromatic nitrogens is 1. The van der Waals surface area contributed by atoms with E-state index in [1.807, 2.05) is 48.5 Å². The summed E-state index contributed by atoms with van der Waals surface area (Å²) in [4.78, 5) is 3.29. The van der Waals surface area contributed by atoms with E-state index in [2.05, 4.69) is 4.98 Å². The van der Waals surface area contributed by atoms with Crippen LogP contribution in [0.25, 0.3) is 10.9 Å². The first kappa shape index (κ1) is 12.4. The van der Waals surface area contributed by atoms with Crippen molar-refractivity contribution in [3.63, 3.8) is 0 Å². The fourth-order valence-electron chi connectivity index (χ4n) is 1.96. The molecule has 1 aromatic heterocycles. The maximum atomic E-state index is 6.04. The zero-order chi connectivity index (χ0) is 13.2. The van der Waals surface area contributed by atoms with Crippen LogP contribution in [0.5, 0.6) is 5.75 Å². The minimum absolute atomic E-state index is 0.441. The molecule has 2 nitrogen and oxygen atoms in total. The molecule has 0 bridgehead atoms. The van der Waals surface area contributed by atoms with Crippen molar-refractivity contribution in [2.75, 3.05) is 0 Å². The van der Waals surface area contributed by atoms with Gasteiger partial charge >= 0.3 is 0 Å². The molecule has 1 N–H and O–H groups in total. The number of aromatic amines is 1. The Balaban J connectivity index is 1.80. The Morgan fingerprint density at radius 1 is 1.00 bits per heavy atom. The van der Waals surface area contributed by atoms with E-state index in [4.69, 9.17) is 27.9 Å². The molecule has 0 spiro atoms. The highest BCUT2D eigenvalue weighted by molar-refractivity contribution is 6.32. The monoisotopic (exact) mass is 291 g/mol. The molecule has 0 fully saturated rings. The Morgan fingerprint density at radius 2 is 1.84 bits per heavy atom. The fourth-order valence-corrected chi connectivity index (χ4v) is 2.33. The summed E-state index contributed by atoms with van der Waals surface area (Å²) in [6, 6.07) is 15.2. The van der Waals surface area contributed by atoms with E-state index >= 15 is 0 Å². The largest absolute Gasteiger partial charge is 0.486 e. The summed E-state index contributed by atoms with van der Waals surface area (Å²) in [7, 11) is 0. The Bertz CT molecular complexity index is 721. The third-order valence-corrected chi connectivity index (χ3v) is 3.41. The summed E-state index contributed by atoms with van der Waals surface area (Å²) in [6.45, 7) is 0.441. The number of nitrogens with one attached hydrogen (secondary N) is 1. The zero-order valence-electron chi connectivity index (χ0n) is 9.99. The van der Waals surface area contributed by atoms with Crippen LogP contribution >= 0.6 is 23.2 Å². The van der Waals surface area contributed by atoms with E-state index in [0.29, 0.717) is 17.4 Å². The third-order valence-electron chi connectivity index (χ3n) is 2.86. The van der Waals surface area contributed by atoms with Crippen LogP contribution in [-0.2, 0) is 6.61 Å². The molecule has 0 aliphatic carbocycles. The van der Waals surface area contributed by atoms with Crippen LogP contribution in [0.3, 0.4) is 0 Å². The molecule has 0 amide bonds. The molecule has 0 atom stereocenters. The van der Waals surface area contributed by atoms with Gasteiger partial charge in [0.05, 0.1) is 10.7 Å². The van der Waals surface area contributed by atoms with Crippen molar-refractivity contribution in [2.24, 2.45) is 0 Å². The van der Waals surface area contributed by atoms with Gasteiger partial charge in [0.1, 0.15) is 12.4 Å². The van der Waals surface area contributed by atoms with Crippen molar-refractivity contribution < 1.29 is 4.74 Å². The highest BCUT2D eigenvalue weighted by atomic mass is 35.5. The first-order valence-corrected chi connectivity index (χ1v) is 6.62. The van der Waals surface area contributed by atoms with Crippen LogP contribution in [0.2, 0.25) is 10.0 Å². The second-order valence-corrected chi connectivity index (χ2v) is 5.09. The summed E-state index contributed by atoms with van der Waals surface area (Å²) >= 11 is 12.0. The smallest absolute Gasteiger partial charge is 0.138 e. The summed E-state index contributed by atoms with van der Waals surface area (Å²) in [5, 5.41) is 2.41. The Labute approximate surface area is 120 Å². The lowest BCUT2D eigenvalue weighted by Crippen LogP contribution is -1.95. The van der Waals surface area contributed by atoms with E-state index in [1.54, 1.807) is 0 Å². The van der Waals surface area contributed by atoms with E-state index in [9.17, 15) is 0 Å². The van der Waals surface area contributed by atoms with Gasteiger partial charge in [-0.3, -0.25) is 0 Å². The molecule has 1 heterocycles. The number of rotatable bonds is 3. The van der Waals surface area contributed by atoms with Gasteiger partial charge < -0.3 is 9.72 Å². The Morgan fingerprint density at radius 3 is 2.68 bits per heavy atom. The molecule has 0 aliphatic heterocycles. The van der Waals surface area contributed by atoms with Crippen molar-refractivity contribution >= 4 is 34.1 Å². The van der Waals surface area contributed by atoms with Crippen LogP contribution in [0.4, 0.5) is 0 Å². The molecule has 0 saturated carbocycles. The van der Waals surface area contributed by atoms with Crippen LogP contribution < -0.4 is 4.74 Å². The highest BCUT2D eigenvalue weighted by Gasteiger charge is 2.04. The number of hydrogen-bond acceptors (Lipinski definition) is 1. The first-order valence-electron chi connectivity index (χ1n) is 5.87. The van der Waals surface area contributed by atoms with Crippen molar-refractivity contribution in [1.82, 2.24) is 4.98 Å². The van der Waals surface area contributed by atoms with Gasteiger partial charge in [0, 0.05) is 15.9 Å². The van der Waals surface area contributed by atoms with Gasteiger partial charge in [-0.2, -0.15) is 0 Å². The lowest BCUT2D eigenvalue weighted by Gasteiger charge is -2.05. The molecule has 4 heteroatoms. The number of halogens is 2. The van der Waals surface area contributed by atoms with E-state index in [-0.39, 0.29) is 0 Å². The van der Waals surface area contributed by atoms with E-state index in [1.165, 1.54) is 0 Å². The standard InChI is InChI=1S/C15H11Cl2NO/c16-11-5-6-14-10(7-11)8-12(18-14)9-19-15-4-2-1-3-13(15)17/h1-8,18H,9H2. The van der Waals surface area contributed by atoms with Crippen LogP contribution in [0, 0.1) is 0 Å². The molecule has 3 aromatic rings. The maximum absolute atomic E-state index is 6.04. The van der Waals surface area contributed by atoms with Crippen LogP contribution in [0.15, 0.2) is 48.5 Å². The van der Waals surface area contributed by atoms with Gasteiger partial charge in [-0.1, -0.05) is 35.3 Å². The molecule has 2 aromatic carbocycles. The molecule has 96 valence electrons. The average Bonchev–Trinajstić information content (AvgIpc) is 2.79. The van der Waals surface area contributed by atoms with Gasteiger partial charge in [-0.25, -0.2) is 0 Å². The molecule has 0 saturated heterocycles. The molecule has 3 rings (SSSR count). The first-order chi connectivity index (χ1) is 9.22. The van der Waals surface area contributed by atoms with Crippen molar-refractivity contribution in [2.45, 2.75) is 6.61 Å². The lowest BCUT2D eigenvalue weighted by molar-refractivity contribution is 0.302. The number of benzene rings is 2. The normalized spacial score (nSPS) is 10.8. The van der Waals surface area contributed by atoms with Gasteiger partial charge in [-0.05, 0) is 36.4 Å². The quantitative estimate of drug-likeness (QED) is 0.717. The predicted molar refractivity (Wildman–Crippen MR) is 79.1 cm³/mol. The Kier molecular flexibility index (Phi) is 3.36. The van der Waals surface area contributed by atoms with E-state index in [0.717, 1.165) is 21.6 Å². The minimum atomic E-state index is 0.441. The van der Waals surface area contributed by atoms with Crippen molar-refractivity contribution in [3.05, 3.63) is 64.3 Å². The number of hydrogen-bond donors (Lipinski definition) is 1. The zero-order valence-corrected chi connectivity index (χ0v) is 11.5. The highest BCUT2D eigenvalue weighted by Crippen LogP contribution is 2.25. The third kappa shape index (κ3) is 2.70. The maximum Gasteiger partial charge on any atom is 0.138 e. The van der Waals surface area contributed by atoms with Crippen LogP contribution in [-0.4, -0.2) is 4.98 Å². The predicted octanol–water partition coefficient (Wildman–Crippen LogP) is 5.05. The average molecular weight is 292 g/mol. The number of ether oxygens (including phenoxy) is 1. The molecule has 0 aliphatic rings. The summed E-state index contributed by atoms with van der Waals surface area (Å²) < 4.78 is 5.69. The molecule has 0 unspecified atom stereocenters. The van der Waals surface area contributed by atoms with Gasteiger partial charge in [0.15, 0.2) is 0 Å². The van der Waals surface area contributed by atoms with Crippen molar-refractivity contribution in [3.8, 4) is 5.75 Å². The SMILES string of the molecule is Clc1ccc2[nH]c(COc3ccccc3Cl)cc2c1. The number of H-pyrrole nitrogens is 1. The molecular formula is C15H11Cl2NO. The fraction of sp³-hybridized carbons (Fsp3) is 0.0667. The summed E-state index contributed by atoms with van der Waals surface area (Å²) in [5.41, 5.74) is 2.03. The molecule has 19 heavy (non-hydrogen) atoms. The Hall–Kier alpha value is -1.64. The second-order valence-electron chi connectivity index (χ2n) is 4.25. The second kappa shape index (κ2) is 5.16. The summed E-state index contributed by atoms with van der Waals surface area (Å²) in [6.07, 6.45) is 0. The molecular weight excluding hydrogens is 281 g/mol. The van der Waals surface area contributed by atoms with Gasteiger partial charge in [0.2, 0.25) is 0 Å². The molecule has 0 radical (unpaired) electrons. The summed E-state index contributed by atoms with van der Waals surface area (Å²) in [5.74, 6) is 0.681. The number of para-hydroxylation sites is 1. The van der Waals surface area contributed by atoms with E-state index < -0.39 is 0 Å². The lowest BCUT2D eigenvalue weighted by atomic mass is 10.2. The topological polar surface area (TPSA) is 25.0 Å². The van der Waals surface area contributed by atoms with Gasteiger partial charge in [0.25, 0.3) is 0 Å².